The van der Waals surface area contributed by atoms with Crippen LogP contribution in [0.25, 0.3) is 11.4 Å². The maximum Gasteiger partial charge on any atom is 0.228 e. The van der Waals surface area contributed by atoms with Crippen molar-refractivity contribution in [3.63, 3.8) is 0 Å². The van der Waals surface area contributed by atoms with Gasteiger partial charge in [0.15, 0.2) is 0 Å². The zero-order chi connectivity index (χ0) is 14.8. The van der Waals surface area contributed by atoms with Gasteiger partial charge in [-0.2, -0.15) is 4.98 Å². The lowest BCUT2D eigenvalue weighted by Crippen LogP contribution is -2.33. The van der Waals surface area contributed by atoms with E-state index in [2.05, 4.69) is 27.4 Å². The fourth-order valence-corrected chi connectivity index (χ4v) is 2.77. The second-order valence-corrected chi connectivity index (χ2v) is 5.86. The van der Waals surface area contributed by atoms with E-state index in [4.69, 9.17) is 4.52 Å². The zero-order valence-electron chi connectivity index (χ0n) is 12.9. The molecule has 5 nitrogen and oxygen atoms in total. The van der Waals surface area contributed by atoms with Crippen LogP contribution in [0.15, 0.2) is 16.7 Å². The van der Waals surface area contributed by atoms with Crippen molar-refractivity contribution in [2.24, 2.45) is 5.92 Å². The van der Waals surface area contributed by atoms with Crippen molar-refractivity contribution >= 4 is 0 Å². The molecule has 1 atom stereocenters. The molecule has 0 bridgehead atoms. The minimum Gasteiger partial charge on any atom is -0.339 e. The maximum atomic E-state index is 5.43. The lowest BCUT2D eigenvalue weighted by atomic mass is 10.1. The molecule has 1 aliphatic rings. The highest BCUT2D eigenvalue weighted by Crippen LogP contribution is 2.34. The molecule has 0 radical (unpaired) electrons. The Kier molecular flexibility index (Phi) is 4.01. The molecule has 1 aliphatic carbocycles. The predicted molar refractivity (Wildman–Crippen MR) is 80.9 cm³/mol. The first-order chi connectivity index (χ1) is 10.2. The minimum absolute atomic E-state index is 0.462. The van der Waals surface area contributed by atoms with Gasteiger partial charge in [-0.05, 0) is 51.3 Å². The molecule has 2 aromatic heterocycles. The number of pyridine rings is 1. The molecule has 5 heteroatoms. The lowest BCUT2D eigenvalue weighted by molar-refractivity contribution is 0.348. The smallest absolute Gasteiger partial charge is 0.228 e. The Balaban J connectivity index is 1.76. The molecule has 0 aliphatic heterocycles. The molecule has 1 N–H and O–H groups in total. The number of hydrogen-bond donors (Lipinski definition) is 1. The van der Waals surface area contributed by atoms with E-state index in [0.717, 1.165) is 41.7 Å². The first kappa shape index (κ1) is 14.2. The highest BCUT2D eigenvalue weighted by molar-refractivity contribution is 5.55. The van der Waals surface area contributed by atoms with Crippen LogP contribution in [0.2, 0.25) is 0 Å². The van der Waals surface area contributed by atoms with Crippen LogP contribution in [0.1, 0.15) is 37.0 Å². The lowest BCUT2D eigenvalue weighted by Gasteiger charge is -2.14. The fraction of sp³-hybridized carbons (Fsp3) is 0.562. The molecule has 1 fully saturated rings. The third-order valence-corrected chi connectivity index (χ3v) is 3.86. The zero-order valence-corrected chi connectivity index (χ0v) is 12.9. The van der Waals surface area contributed by atoms with Crippen molar-refractivity contribution in [2.75, 3.05) is 6.54 Å². The Hall–Kier alpha value is -1.75. The van der Waals surface area contributed by atoms with Crippen LogP contribution in [-0.4, -0.2) is 27.7 Å². The SMILES string of the molecule is CCNC(Cc1nc(-c2cc(C)nc(C)c2)no1)C1CC1. The third-order valence-electron chi connectivity index (χ3n) is 3.86. The monoisotopic (exact) mass is 286 g/mol. The van der Waals surface area contributed by atoms with Gasteiger partial charge in [0.05, 0.1) is 0 Å². The van der Waals surface area contributed by atoms with E-state index >= 15 is 0 Å². The van der Waals surface area contributed by atoms with Crippen LogP contribution in [-0.2, 0) is 6.42 Å². The fourth-order valence-electron chi connectivity index (χ4n) is 2.77. The summed E-state index contributed by atoms with van der Waals surface area (Å²) in [4.78, 5) is 8.92. The van der Waals surface area contributed by atoms with Gasteiger partial charge in [-0.15, -0.1) is 0 Å². The van der Waals surface area contributed by atoms with E-state index in [-0.39, 0.29) is 0 Å². The first-order valence-corrected chi connectivity index (χ1v) is 7.67. The van der Waals surface area contributed by atoms with Gasteiger partial charge in [-0.25, -0.2) is 0 Å². The molecule has 3 rings (SSSR count). The highest BCUT2D eigenvalue weighted by Gasteiger charge is 2.31. The number of nitrogens with zero attached hydrogens (tertiary/aromatic N) is 3. The van der Waals surface area contributed by atoms with Gasteiger partial charge in [0, 0.05) is 29.4 Å². The van der Waals surface area contributed by atoms with Gasteiger partial charge < -0.3 is 9.84 Å². The van der Waals surface area contributed by atoms with Gasteiger partial charge >= 0.3 is 0 Å². The van der Waals surface area contributed by atoms with Crippen LogP contribution in [0.3, 0.4) is 0 Å². The third kappa shape index (κ3) is 3.47. The molecule has 0 spiro atoms. The van der Waals surface area contributed by atoms with E-state index in [9.17, 15) is 0 Å². The molecule has 21 heavy (non-hydrogen) atoms. The molecule has 0 amide bonds. The Morgan fingerprint density at radius 3 is 2.57 bits per heavy atom. The number of likely N-dealkylation sites (N-methyl/N-ethyl adjacent to an activating group) is 1. The van der Waals surface area contributed by atoms with Crippen molar-refractivity contribution < 1.29 is 4.52 Å². The summed E-state index contributed by atoms with van der Waals surface area (Å²) in [5, 5.41) is 7.64. The van der Waals surface area contributed by atoms with Crippen LogP contribution in [0.4, 0.5) is 0 Å². The Morgan fingerprint density at radius 2 is 1.95 bits per heavy atom. The van der Waals surface area contributed by atoms with Gasteiger partial charge in [0.2, 0.25) is 11.7 Å². The minimum atomic E-state index is 0.462. The standard InChI is InChI=1S/C16H22N4O/c1-4-17-14(12-5-6-12)9-15-19-16(20-21-15)13-7-10(2)18-11(3)8-13/h7-8,12,14,17H,4-6,9H2,1-3H3. The number of aryl methyl sites for hydroxylation is 2. The molecule has 2 aromatic rings. The number of hydrogen-bond acceptors (Lipinski definition) is 5. The molecule has 1 saturated carbocycles. The van der Waals surface area contributed by atoms with Crippen molar-refractivity contribution in [2.45, 2.75) is 46.1 Å². The summed E-state index contributed by atoms with van der Waals surface area (Å²) in [6, 6.07) is 4.44. The topological polar surface area (TPSA) is 63.8 Å². The van der Waals surface area contributed by atoms with Crippen LogP contribution < -0.4 is 5.32 Å². The largest absolute Gasteiger partial charge is 0.339 e. The Morgan fingerprint density at radius 1 is 1.24 bits per heavy atom. The summed E-state index contributed by atoms with van der Waals surface area (Å²) in [6.07, 6.45) is 3.43. The van der Waals surface area contributed by atoms with E-state index in [1.807, 2.05) is 26.0 Å². The summed E-state index contributed by atoms with van der Waals surface area (Å²) < 4.78 is 5.43. The van der Waals surface area contributed by atoms with Gasteiger partial charge in [0.1, 0.15) is 0 Å². The molecule has 2 heterocycles. The summed E-state index contributed by atoms with van der Waals surface area (Å²) in [7, 11) is 0. The van der Waals surface area contributed by atoms with E-state index in [0.29, 0.717) is 11.9 Å². The normalized spacial score (nSPS) is 16.1. The van der Waals surface area contributed by atoms with Crippen molar-refractivity contribution in [1.29, 1.82) is 0 Å². The average molecular weight is 286 g/mol. The van der Waals surface area contributed by atoms with Gasteiger partial charge in [-0.3, -0.25) is 4.98 Å². The Bertz CT molecular complexity index is 598. The Labute approximate surface area is 125 Å². The maximum absolute atomic E-state index is 5.43. The summed E-state index contributed by atoms with van der Waals surface area (Å²) in [5.41, 5.74) is 2.92. The van der Waals surface area contributed by atoms with Crippen molar-refractivity contribution in [1.82, 2.24) is 20.4 Å². The van der Waals surface area contributed by atoms with Crippen molar-refractivity contribution in [3.05, 3.63) is 29.4 Å². The number of nitrogens with one attached hydrogen (secondary N) is 1. The quantitative estimate of drug-likeness (QED) is 0.884. The first-order valence-electron chi connectivity index (χ1n) is 7.67. The van der Waals surface area contributed by atoms with Crippen LogP contribution in [0.5, 0.6) is 0 Å². The van der Waals surface area contributed by atoms with E-state index in [1.54, 1.807) is 0 Å². The average Bonchev–Trinajstić information content (AvgIpc) is 3.17. The van der Waals surface area contributed by atoms with E-state index < -0.39 is 0 Å². The number of aromatic nitrogens is 3. The number of rotatable bonds is 6. The van der Waals surface area contributed by atoms with E-state index in [1.165, 1.54) is 12.8 Å². The second kappa shape index (κ2) is 5.93. The molecule has 112 valence electrons. The molecular weight excluding hydrogens is 264 g/mol. The molecule has 0 aromatic carbocycles. The predicted octanol–water partition coefficient (Wildman–Crippen LogP) is 2.68. The van der Waals surface area contributed by atoms with Gasteiger partial charge in [-0.1, -0.05) is 12.1 Å². The van der Waals surface area contributed by atoms with Crippen LogP contribution >= 0.6 is 0 Å². The van der Waals surface area contributed by atoms with Crippen molar-refractivity contribution in [3.8, 4) is 11.4 Å². The summed E-state index contributed by atoms with van der Waals surface area (Å²) in [6.45, 7) is 7.07. The highest BCUT2D eigenvalue weighted by atomic mass is 16.5. The second-order valence-electron chi connectivity index (χ2n) is 5.86. The molecular formula is C16H22N4O. The summed E-state index contributed by atoms with van der Waals surface area (Å²) >= 11 is 0. The molecule has 1 unspecified atom stereocenters. The summed E-state index contributed by atoms with van der Waals surface area (Å²) in [5.74, 6) is 2.14. The van der Waals surface area contributed by atoms with Crippen LogP contribution in [0, 0.1) is 19.8 Å². The molecule has 0 saturated heterocycles. The van der Waals surface area contributed by atoms with Gasteiger partial charge in [0.25, 0.3) is 0 Å².